The van der Waals surface area contributed by atoms with Crippen molar-refractivity contribution in [3.8, 4) is 0 Å². The molecule has 0 unspecified atom stereocenters. The van der Waals surface area contributed by atoms with Crippen molar-refractivity contribution in [2.75, 3.05) is 12.4 Å². The Morgan fingerprint density at radius 1 is 0.727 bits per heavy atom. The van der Waals surface area contributed by atoms with Crippen LogP contribution in [0.15, 0.2) is 24.3 Å². The Kier molecular flexibility index (Phi) is 6.91. The molecular formula is C18H24ClNO2. The summed E-state index contributed by atoms with van der Waals surface area (Å²) in [6, 6.07) is 7.07. The molecule has 0 aliphatic carbocycles. The first-order valence-corrected chi connectivity index (χ1v) is 8.80. The molecule has 0 N–H and O–H groups in total. The van der Waals surface area contributed by atoms with E-state index in [-0.39, 0.29) is 11.8 Å². The maximum atomic E-state index is 12.2. The Hall–Kier alpha value is -1.35. The molecule has 0 atom stereocenters. The van der Waals surface area contributed by atoms with Gasteiger partial charge in [-0.05, 0) is 25.0 Å². The number of amides is 2. The van der Waals surface area contributed by atoms with Gasteiger partial charge < -0.3 is 0 Å². The Balaban J connectivity index is 1.63. The molecule has 1 aliphatic rings. The number of nitrogens with zero attached hydrogens (tertiary/aromatic N) is 1. The maximum Gasteiger partial charge on any atom is 0.261 e. The largest absolute Gasteiger partial charge is 0.274 e. The second-order valence-electron chi connectivity index (χ2n) is 5.82. The van der Waals surface area contributed by atoms with Gasteiger partial charge in [0.1, 0.15) is 0 Å². The molecule has 4 heteroatoms. The third-order valence-corrected chi connectivity index (χ3v) is 4.41. The molecule has 1 aromatic rings. The van der Waals surface area contributed by atoms with Gasteiger partial charge >= 0.3 is 0 Å². The zero-order valence-corrected chi connectivity index (χ0v) is 13.8. The molecule has 0 saturated heterocycles. The first kappa shape index (κ1) is 17.0. The summed E-state index contributed by atoms with van der Waals surface area (Å²) in [6.45, 7) is 0.540. The number of halogens is 1. The highest BCUT2D eigenvalue weighted by molar-refractivity contribution is 6.21. The number of hydrogen-bond donors (Lipinski definition) is 0. The molecule has 0 bridgehead atoms. The maximum absolute atomic E-state index is 12.2. The van der Waals surface area contributed by atoms with E-state index in [1.807, 2.05) is 0 Å². The van der Waals surface area contributed by atoms with Crippen LogP contribution in [0.3, 0.4) is 0 Å². The van der Waals surface area contributed by atoms with Gasteiger partial charge in [-0.1, -0.05) is 50.7 Å². The molecule has 1 heterocycles. The van der Waals surface area contributed by atoms with Crippen LogP contribution in [0.1, 0.15) is 72.1 Å². The predicted octanol–water partition coefficient (Wildman–Crippen LogP) is 4.64. The first-order valence-electron chi connectivity index (χ1n) is 8.27. The minimum absolute atomic E-state index is 0.137. The number of fused-ring (bicyclic) bond motifs is 1. The van der Waals surface area contributed by atoms with E-state index in [9.17, 15) is 9.59 Å². The monoisotopic (exact) mass is 321 g/mol. The second-order valence-corrected chi connectivity index (χ2v) is 6.20. The average Bonchev–Trinajstić information content (AvgIpc) is 2.78. The molecule has 22 heavy (non-hydrogen) atoms. The van der Waals surface area contributed by atoms with E-state index in [2.05, 4.69) is 0 Å². The molecule has 2 rings (SSSR count). The number of alkyl halides is 1. The van der Waals surface area contributed by atoms with Crippen molar-refractivity contribution in [1.29, 1.82) is 0 Å². The fraction of sp³-hybridized carbons (Fsp3) is 0.556. The Bertz CT molecular complexity index is 481. The third kappa shape index (κ3) is 4.33. The topological polar surface area (TPSA) is 37.4 Å². The van der Waals surface area contributed by atoms with Gasteiger partial charge in [-0.25, -0.2) is 0 Å². The highest BCUT2D eigenvalue weighted by Crippen LogP contribution is 2.22. The van der Waals surface area contributed by atoms with Crippen LogP contribution in [0.25, 0.3) is 0 Å². The van der Waals surface area contributed by atoms with Crippen LogP contribution >= 0.6 is 11.6 Å². The van der Waals surface area contributed by atoms with Crippen molar-refractivity contribution in [3.05, 3.63) is 35.4 Å². The van der Waals surface area contributed by atoms with Crippen LogP contribution < -0.4 is 0 Å². The lowest BCUT2D eigenvalue weighted by Crippen LogP contribution is -2.30. The number of imide groups is 1. The second kappa shape index (κ2) is 8.94. The summed E-state index contributed by atoms with van der Waals surface area (Å²) in [4.78, 5) is 25.7. The van der Waals surface area contributed by atoms with Gasteiger partial charge in [0.25, 0.3) is 11.8 Å². The SMILES string of the molecule is O=C1c2ccccc2C(=O)N1CCCCCCCCCCCl. The summed E-state index contributed by atoms with van der Waals surface area (Å²) >= 11 is 5.64. The molecule has 3 nitrogen and oxygen atoms in total. The quantitative estimate of drug-likeness (QED) is 0.357. The van der Waals surface area contributed by atoms with E-state index in [0.29, 0.717) is 17.7 Å². The summed E-state index contributed by atoms with van der Waals surface area (Å²) in [5.74, 6) is 0.489. The third-order valence-electron chi connectivity index (χ3n) is 4.14. The highest BCUT2D eigenvalue weighted by atomic mass is 35.5. The van der Waals surface area contributed by atoms with Crippen molar-refractivity contribution in [1.82, 2.24) is 4.90 Å². The summed E-state index contributed by atoms with van der Waals surface area (Å²) < 4.78 is 0. The van der Waals surface area contributed by atoms with E-state index in [1.165, 1.54) is 37.0 Å². The number of benzene rings is 1. The molecule has 1 aliphatic heterocycles. The number of carbonyl (C=O) groups excluding carboxylic acids is 2. The van der Waals surface area contributed by atoms with Gasteiger partial charge in [0.15, 0.2) is 0 Å². The number of unbranched alkanes of at least 4 members (excludes halogenated alkanes) is 7. The minimum Gasteiger partial charge on any atom is -0.274 e. The van der Waals surface area contributed by atoms with E-state index < -0.39 is 0 Å². The lowest BCUT2D eigenvalue weighted by atomic mass is 10.1. The van der Waals surface area contributed by atoms with Crippen LogP contribution in [0.5, 0.6) is 0 Å². The van der Waals surface area contributed by atoms with Crippen molar-refractivity contribution in [3.63, 3.8) is 0 Å². The van der Waals surface area contributed by atoms with Crippen molar-refractivity contribution >= 4 is 23.4 Å². The van der Waals surface area contributed by atoms with E-state index in [1.54, 1.807) is 24.3 Å². The summed E-state index contributed by atoms with van der Waals surface area (Å²) in [5.41, 5.74) is 1.10. The normalized spacial score (nSPS) is 13.8. The summed E-state index contributed by atoms with van der Waals surface area (Å²) in [5, 5.41) is 0. The first-order chi connectivity index (χ1) is 10.8. The fourth-order valence-electron chi connectivity index (χ4n) is 2.87. The van der Waals surface area contributed by atoms with E-state index in [4.69, 9.17) is 11.6 Å². The number of hydrogen-bond acceptors (Lipinski definition) is 2. The molecule has 120 valence electrons. The van der Waals surface area contributed by atoms with Crippen LogP contribution in [0, 0.1) is 0 Å². The lowest BCUT2D eigenvalue weighted by Gasteiger charge is -2.13. The Labute approximate surface area is 137 Å². The van der Waals surface area contributed by atoms with Gasteiger partial charge in [-0.3, -0.25) is 14.5 Å². The zero-order valence-electron chi connectivity index (χ0n) is 13.0. The van der Waals surface area contributed by atoms with E-state index in [0.717, 1.165) is 25.1 Å². The number of carbonyl (C=O) groups is 2. The van der Waals surface area contributed by atoms with Crippen molar-refractivity contribution < 1.29 is 9.59 Å². The summed E-state index contributed by atoms with van der Waals surface area (Å²) in [6.07, 6.45) is 9.21. The van der Waals surface area contributed by atoms with Crippen LogP contribution in [-0.2, 0) is 0 Å². The van der Waals surface area contributed by atoms with Crippen molar-refractivity contribution in [2.45, 2.75) is 51.4 Å². The fourth-order valence-corrected chi connectivity index (χ4v) is 3.06. The molecule has 0 radical (unpaired) electrons. The van der Waals surface area contributed by atoms with Crippen molar-refractivity contribution in [2.24, 2.45) is 0 Å². The zero-order chi connectivity index (χ0) is 15.8. The molecule has 1 aromatic carbocycles. The molecule has 0 saturated carbocycles. The number of rotatable bonds is 10. The van der Waals surface area contributed by atoms with Gasteiger partial charge in [0.05, 0.1) is 11.1 Å². The standard InChI is InChI=1S/C18H24ClNO2/c19-13-9-5-3-1-2-4-6-10-14-20-17(21)15-11-7-8-12-16(15)18(20)22/h7-8,11-12H,1-6,9-10,13-14H2. The van der Waals surface area contributed by atoms with Crippen LogP contribution in [-0.4, -0.2) is 29.1 Å². The highest BCUT2D eigenvalue weighted by Gasteiger charge is 2.34. The van der Waals surface area contributed by atoms with Gasteiger partial charge in [0, 0.05) is 12.4 Å². The average molecular weight is 322 g/mol. The molecule has 0 spiro atoms. The lowest BCUT2D eigenvalue weighted by molar-refractivity contribution is 0.0651. The van der Waals surface area contributed by atoms with E-state index >= 15 is 0 Å². The Morgan fingerprint density at radius 2 is 1.18 bits per heavy atom. The predicted molar refractivity (Wildman–Crippen MR) is 89.5 cm³/mol. The van der Waals surface area contributed by atoms with Gasteiger partial charge in [0.2, 0.25) is 0 Å². The van der Waals surface area contributed by atoms with Crippen LogP contribution in [0.4, 0.5) is 0 Å². The smallest absolute Gasteiger partial charge is 0.261 e. The molecule has 0 aromatic heterocycles. The molecule has 2 amide bonds. The van der Waals surface area contributed by atoms with Crippen LogP contribution in [0.2, 0.25) is 0 Å². The van der Waals surface area contributed by atoms with Gasteiger partial charge in [-0.15, -0.1) is 11.6 Å². The summed E-state index contributed by atoms with van der Waals surface area (Å²) in [7, 11) is 0. The Morgan fingerprint density at radius 3 is 1.68 bits per heavy atom. The molecular weight excluding hydrogens is 298 g/mol. The molecule has 0 fully saturated rings. The van der Waals surface area contributed by atoms with Gasteiger partial charge in [-0.2, -0.15) is 0 Å². The minimum atomic E-state index is -0.137.